The molecular formula is C9H13BrN4OS2. The zero-order chi connectivity index (χ0) is 12.8. The highest BCUT2D eigenvalue weighted by molar-refractivity contribution is 9.10. The molecule has 0 aliphatic heterocycles. The Kier molecular flexibility index (Phi) is 5.96. The SMILES string of the molecule is C/C(=N\NC(=S)NCCO)c1snc(C)c1Br. The van der Waals surface area contributed by atoms with Crippen LogP contribution in [0.25, 0.3) is 0 Å². The number of aromatic nitrogens is 1. The molecule has 0 radical (unpaired) electrons. The van der Waals surface area contributed by atoms with Gasteiger partial charge in [-0.15, -0.1) is 0 Å². The van der Waals surface area contributed by atoms with Crippen molar-refractivity contribution in [2.75, 3.05) is 13.2 Å². The fourth-order valence-corrected chi connectivity index (χ4v) is 2.56. The van der Waals surface area contributed by atoms with Crippen molar-refractivity contribution in [3.8, 4) is 0 Å². The number of halogens is 1. The first kappa shape index (κ1) is 14.5. The van der Waals surface area contributed by atoms with Crippen molar-refractivity contribution in [3.05, 3.63) is 15.0 Å². The van der Waals surface area contributed by atoms with Crippen molar-refractivity contribution >= 4 is 50.5 Å². The van der Waals surface area contributed by atoms with Crippen molar-refractivity contribution in [1.29, 1.82) is 0 Å². The zero-order valence-corrected chi connectivity index (χ0v) is 12.7. The van der Waals surface area contributed by atoms with Gasteiger partial charge in [0, 0.05) is 6.54 Å². The maximum absolute atomic E-state index is 8.61. The van der Waals surface area contributed by atoms with Gasteiger partial charge in [-0.05, 0) is 53.5 Å². The number of hydrogen-bond acceptors (Lipinski definition) is 5. The third kappa shape index (κ3) is 4.30. The van der Waals surface area contributed by atoms with Gasteiger partial charge in [0.25, 0.3) is 0 Å². The summed E-state index contributed by atoms with van der Waals surface area (Å²) >= 11 is 9.80. The average Bonchev–Trinajstić information content (AvgIpc) is 2.64. The second-order valence-corrected chi connectivity index (χ2v) is 5.17. The van der Waals surface area contributed by atoms with E-state index in [1.54, 1.807) is 0 Å². The van der Waals surface area contributed by atoms with Gasteiger partial charge in [0.2, 0.25) is 0 Å². The van der Waals surface area contributed by atoms with Gasteiger partial charge in [0.15, 0.2) is 5.11 Å². The van der Waals surface area contributed by atoms with Crippen LogP contribution in [0.3, 0.4) is 0 Å². The molecule has 0 spiro atoms. The molecule has 0 aromatic carbocycles. The molecular weight excluding hydrogens is 324 g/mol. The molecule has 0 fully saturated rings. The molecule has 94 valence electrons. The molecule has 0 unspecified atom stereocenters. The summed E-state index contributed by atoms with van der Waals surface area (Å²) in [5.41, 5.74) is 4.45. The molecule has 0 amide bonds. The van der Waals surface area contributed by atoms with E-state index < -0.39 is 0 Å². The molecule has 1 aromatic heterocycles. The quantitative estimate of drug-likeness (QED) is 0.440. The Morgan fingerprint density at radius 2 is 2.35 bits per heavy atom. The lowest BCUT2D eigenvalue weighted by atomic mass is 10.3. The molecule has 17 heavy (non-hydrogen) atoms. The summed E-state index contributed by atoms with van der Waals surface area (Å²) in [6, 6.07) is 0. The average molecular weight is 337 g/mol. The lowest BCUT2D eigenvalue weighted by Gasteiger charge is -2.05. The first-order valence-corrected chi connectivity index (χ1v) is 6.85. The second-order valence-electron chi connectivity index (χ2n) is 3.20. The molecule has 1 heterocycles. The predicted octanol–water partition coefficient (Wildman–Crippen LogP) is 1.39. The smallest absolute Gasteiger partial charge is 0.187 e. The summed E-state index contributed by atoms with van der Waals surface area (Å²) in [7, 11) is 0. The number of thiocarbonyl (C=S) groups is 1. The fourth-order valence-electron chi connectivity index (χ4n) is 0.978. The number of aliphatic hydroxyl groups excluding tert-OH is 1. The van der Waals surface area contributed by atoms with Crippen LogP contribution in [0, 0.1) is 6.92 Å². The molecule has 5 nitrogen and oxygen atoms in total. The molecule has 0 bridgehead atoms. The highest BCUT2D eigenvalue weighted by Gasteiger charge is 2.10. The summed E-state index contributed by atoms with van der Waals surface area (Å²) in [6.07, 6.45) is 0. The normalized spacial score (nSPS) is 11.4. The molecule has 0 aliphatic rings. The van der Waals surface area contributed by atoms with Crippen LogP contribution in [0.5, 0.6) is 0 Å². The minimum absolute atomic E-state index is 0.0318. The van der Waals surface area contributed by atoms with Crippen molar-refractivity contribution in [2.45, 2.75) is 13.8 Å². The standard InChI is InChI=1S/C9H13BrN4OS2/c1-5-7(10)8(17-14-5)6(2)12-13-9(16)11-3-4-15/h15H,3-4H2,1-2H3,(H2,11,13,16)/b12-6+. The van der Waals surface area contributed by atoms with Gasteiger partial charge in [0.1, 0.15) is 0 Å². The largest absolute Gasteiger partial charge is 0.395 e. The first-order valence-electron chi connectivity index (χ1n) is 4.87. The van der Waals surface area contributed by atoms with Crippen LogP contribution in [0.2, 0.25) is 0 Å². The van der Waals surface area contributed by atoms with E-state index in [1.807, 2.05) is 13.8 Å². The van der Waals surface area contributed by atoms with E-state index >= 15 is 0 Å². The fraction of sp³-hybridized carbons (Fsp3) is 0.444. The lowest BCUT2D eigenvalue weighted by molar-refractivity contribution is 0.300. The second kappa shape index (κ2) is 7.00. The Labute approximate surface area is 118 Å². The molecule has 1 aromatic rings. The highest BCUT2D eigenvalue weighted by atomic mass is 79.9. The number of nitrogens with zero attached hydrogens (tertiary/aromatic N) is 2. The van der Waals surface area contributed by atoms with Gasteiger partial charge in [-0.3, -0.25) is 5.43 Å². The Balaban J connectivity index is 2.61. The van der Waals surface area contributed by atoms with Crippen molar-refractivity contribution in [1.82, 2.24) is 15.1 Å². The Morgan fingerprint density at radius 1 is 1.65 bits per heavy atom. The number of aryl methyl sites for hydroxylation is 1. The summed E-state index contributed by atoms with van der Waals surface area (Å²) in [6.45, 7) is 4.24. The number of nitrogens with one attached hydrogen (secondary N) is 2. The van der Waals surface area contributed by atoms with E-state index in [0.717, 1.165) is 20.8 Å². The number of hydrazone groups is 1. The van der Waals surface area contributed by atoms with Gasteiger partial charge in [-0.1, -0.05) is 0 Å². The molecule has 1 rings (SSSR count). The van der Waals surface area contributed by atoms with Crippen molar-refractivity contribution in [3.63, 3.8) is 0 Å². The Bertz CT molecular complexity index is 433. The predicted molar refractivity (Wildman–Crippen MR) is 77.6 cm³/mol. The number of hydrogen-bond donors (Lipinski definition) is 3. The van der Waals surface area contributed by atoms with Crippen molar-refractivity contribution < 1.29 is 5.11 Å². The van der Waals surface area contributed by atoms with Gasteiger partial charge in [0.05, 0.1) is 27.4 Å². The lowest BCUT2D eigenvalue weighted by Crippen LogP contribution is -2.34. The monoisotopic (exact) mass is 336 g/mol. The molecule has 0 saturated carbocycles. The zero-order valence-electron chi connectivity index (χ0n) is 9.45. The topological polar surface area (TPSA) is 69.5 Å². The van der Waals surface area contributed by atoms with E-state index in [1.165, 1.54) is 11.5 Å². The summed E-state index contributed by atoms with van der Waals surface area (Å²) in [4.78, 5) is 0.972. The molecule has 8 heteroatoms. The Hall–Kier alpha value is -0.570. The van der Waals surface area contributed by atoms with Crippen LogP contribution < -0.4 is 10.7 Å². The van der Waals surface area contributed by atoms with E-state index in [9.17, 15) is 0 Å². The van der Waals surface area contributed by atoms with Gasteiger partial charge in [-0.2, -0.15) is 9.47 Å². The summed E-state index contributed by atoms with van der Waals surface area (Å²) in [5.74, 6) is 0. The van der Waals surface area contributed by atoms with E-state index in [0.29, 0.717) is 11.7 Å². The summed E-state index contributed by atoms with van der Waals surface area (Å²) in [5, 5.41) is 15.9. The van der Waals surface area contributed by atoms with Crippen molar-refractivity contribution in [2.24, 2.45) is 5.10 Å². The minimum Gasteiger partial charge on any atom is -0.395 e. The molecule has 3 N–H and O–H groups in total. The molecule has 0 atom stereocenters. The van der Waals surface area contributed by atoms with E-state index in [-0.39, 0.29) is 6.61 Å². The first-order chi connectivity index (χ1) is 8.06. The molecule has 0 saturated heterocycles. The van der Waals surface area contributed by atoms with Crippen LogP contribution >= 0.6 is 39.7 Å². The van der Waals surface area contributed by atoms with Crippen LogP contribution in [0.4, 0.5) is 0 Å². The number of rotatable bonds is 4. The summed E-state index contributed by atoms with van der Waals surface area (Å²) < 4.78 is 5.18. The highest BCUT2D eigenvalue weighted by Crippen LogP contribution is 2.24. The maximum Gasteiger partial charge on any atom is 0.187 e. The minimum atomic E-state index is 0.0318. The van der Waals surface area contributed by atoms with E-state index in [2.05, 4.69) is 36.1 Å². The van der Waals surface area contributed by atoms with Crippen LogP contribution in [0.1, 0.15) is 17.5 Å². The van der Waals surface area contributed by atoms with E-state index in [4.69, 9.17) is 17.3 Å². The third-order valence-corrected chi connectivity index (χ3v) is 4.36. The molecule has 0 aliphatic carbocycles. The number of aliphatic hydroxyl groups is 1. The van der Waals surface area contributed by atoms with Gasteiger partial charge in [-0.25, -0.2) is 0 Å². The third-order valence-electron chi connectivity index (χ3n) is 1.84. The maximum atomic E-state index is 8.61. The van der Waals surface area contributed by atoms with Gasteiger partial charge < -0.3 is 10.4 Å². The van der Waals surface area contributed by atoms with Crippen LogP contribution in [-0.4, -0.2) is 33.5 Å². The Morgan fingerprint density at radius 3 is 2.88 bits per heavy atom. The van der Waals surface area contributed by atoms with Crippen LogP contribution in [-0.2, 0) is 0 Å². The van der Waals surface area contributed by atoms with Gasteiger partial charge >= 0.3 is 0 Å². The van der Waals surface area contributed by atoms with Crippen LogP contribution in [0.15, 0.2) is 9.57 Å².